The summed E-state index contributed by atoms with van der Waals surface area (Å²) in [5, 5.41) is 11.7. The summed E-state index contributed by atoms with van der Waals surface area (Å²) in [6.07, 6.45) is 3.35. The van der Waals surface area contributed by atoms with Gasteiger partial charge in [-0.25, -0.2) is 0 Å². The second-order valence-corrected chi connectivity index (χ2v) is 14.9. The number of aromatic nitrogens is 2. The molecule has 1 aromatic heterocycles. The predicted octanol–water partition coefficient (Wildman–Crippen LogP) is 1.59. The Labute approximate surface area is 278 Å². The van der Waals surface area contributed by atoms with Gasteiger partial charge in [-0.05, 0) is 0 Å². The Morgan fingerprint density at radius 2 is 2.05 bits per heavy atom. The maximum absolute atomic E-state index is 12.8. The summed E-state index contributed by atoms with van der Waals surface area (Å²) >= 11 is 1.47. The molecule has 2 aliphatic rings. The molecule has 0 N–H and O–H groups in total. The van der Waals surface area contributed by atoms with Crippen LogP contribution in [-0.4, -0.2) is 74.1 Å². The standard InChI is InChI=1S/C32H36I2N7O2/c1-4-9-30(42)41(29(33)15-17-35)22-34-39(3)31-26-16-19-40(28-14-7-11-23-10-5-6-13-25(23)28)20-27(26)36-32(37-31)43-21-24-12-8-18-38(24)2/h5-7,10-11,13-14,24,29H,8,12,15-16,18-22H2,1-3H3/q-1/t24-,29?/m0/s1. The Balaban J connectivity index is 1.42. The first kappa shape index (κ1) is 31.5. The molecular weight excluding hydrogens is 768 g/mol. The topological polar surface area (TPSA) is 88.8 Å². The number of alkyl halides is 2. The molecule has 1 fully saturated rings. The Kier molecular flexibility index (Phi) is 10.8. The summed E-state index contributed by atoms with van der Waals surface area (Å²) in [6, 6.07) is 17.9. The first-order valence-electron chi connectivity index (χ1n) is 14.4. The number of carbonyl (C=O) groups is 1. The number of rotatable bonds is 10. The van der Waals surface area contributed by atoms with Crippen molar-refractivity contribution >= 4 is 50.8 Å². The van der Waals surface area contributed by atoms with E-state index in [2.05, 4.69) is 103 Å². The van der Waals surface area contributed by atoms with Crippen LogP contribution in [0, 0.1) is 23.2 Å². The number of hydrogen-bond donors (Lipinski definition) is 0. The quantitative estimate of drug-likeness (QED) is 0.101. The van der Waals surface area contributed by atoms with Crippen LogP contribution >= 0.6 is 22.6 Å². The third-order valence-corrected chi connectivity index (χ3v) is 11.6. The number of amides is 1. The molecule has 1 amide bonds. The SMILES string of the molecule is CC#CC(=O)N(C[I-]N(C)c1nc(OC[C@@H]2CCCN2C)nc2c1CCN(c1cccc3ccccc13)C2)C(I)CC#N. The van der Waals surface area contributed by atoms with E-state index in [4.69, 9.17) is 14.7 Å². The van der Waals surface area contributed by atoms with Gasteiger partial charge in [0.25, 0.3) is 0 Å². The number of hydrogen-bond acceptors (Lipinski definition) is 8. The van der Waals surface area contributed by atoms with Gasteiger partial charge >= 0.3 is 280 Å². The zero-order chi connectivity index (χ0) is 30.3. The fourth-order valence-corrected chi connectivity index (χ4v) is 9.27. The van der Waals surface area contributed by atoms with Crippen LogP contribution in [0.5, 0.6) is 6.01 Å². The molecule has 226 valence electrons. The number of nitriles is 1. The summed E-state index contributed by atoms with van der Waals surface area (Å²) in [5.74, 6) is 6.00. The molecule has 2 atom stereocenters. The summed E-state index contributed by atoms with van der Waals surface area (Å²) in [4.78, 5) is 29.2. The van der Waals surface area contributed by atoms with Gasteiger partial charge in [0.1, 0.15) is 0 Å². The molecule has 0 aliphatic carbocycles. The Morgan fingerprint density at radius 3 is 2.81 bits per heavy atom. The van der Waals surface area contributed by atoms with Gasteiger partial charge in [-0.3, -0.25) is 0 Å². The first-order valence-corrected chi connectivity index (χ1v) is 18.2. The van der Waals surface area contributed by atoms with Crippen LogP contribution in [0.4, 0.5) is 11.5 Å². The van der Waals surface area contributed by atoms with Crippen molar-refractivity contribution in [1.29, 1.82) is 5.26 Å². The number of anilines is 2. The van der Waals surface area contributed by atoms with Crippen molar-refractivity contribution in [2.75, 3.05) is 46.4 Å². The normalized spacial score (nSPS) is 17.1. The number of likely N-dealkylation sites (N-methyl/N-ethyl adjacent to an activating group) is 1. The number of fused-ring (bicyclic) bond motifs is 2. The zero-order valence-electron chi connectivity index (χ0n) is 24.8. The third-order valence-electron chi connectivity index (χ3n) is 7.95. The predicted molar refractivity (Wildman–Crippen MR) is 173 cm³/mol. The molecule has 1 saturated heterocycles. The molecule has 1 unspecified atom stereocenters. The molecule has 3 aromatic rings. The monoisotopic (exact) mass is 804 g/mol. The van der Waals surface area contributed by atoms with Crippen molar-refractivity contribution in [2.24, 2.45) is 0 Å². The van der Waals surface area contributed by atoms with Crippen molar-refractivity contribution in [3.05, 3.63) is 53.7 Å². The molecule has 11 heteroatoms. The fourth-order valence-electron chi connectivity index (χ4n) is 5.57. The van der Waals surface area contributed by atoms with Gasteiger partial charge in [-0.1, -0.05) is 0 Å². The van der Waals surface area contributed by atoms with Crippen LogP contribution in [0.15, 0.2) is 42.5 Å². The summed E-state index contributed by atoms with van der Waals surface area (Å²) in [5.41, 5.74) is 3.32. The van der Waals surface area contributed by atoms with Gasteiger partial charge in [0.15, 0.2) is 0 Å². The molecule has 9 nitrogen and oxygen atoms in total. The van der Waals surface area contributed by atoms with E-state index >= 15 is 0 Å². The third kappa shape index (κ3) is 7.44. The number of halogens is 2. The van der Waals surface area contributed by atoms with Crippen molar-refractivity contribution in [1.82, 2.24) is 19.8 Å². The van der Waals surface area contributed by atoms with E-state index in [0.29, 0.717) is 29.8 Å². The zero-order valence-corrected chi connectivity index (χ0v) is 29.1. The Hall–Kier alpha value is -2.88. The fraction of sp³-hybridized carbons (Fsp3) is 0.438. The summed E-state index contributed by atoms with van der Waals surface area (Å²) in [7, 11) is 4.19. The van der Waals surface area contributed by atoms with Gasteiger partial charge in [0.2, 0.25) is 0 Å². The summed E-state index contributed by atoms with van der Waals surface area (Å²) in [6.45, 7) is 4.82. The van der Waals surface area contributed by atoms with Gasteiger partial charge in [-0.15, -0.1) is 0 Å². The molecule has 5 rings (SSSR count). The number of ether oxygens (including phenoxy) is 1. The van der Waals surface area contributed by atoms with Crippen molar-refractivity contribution < 1.29 is 31.0 Å². The van der Waals surface area contributed by atoms with E-state index in [1.807, 2.05) is 7.05 Å². The molecule has 2 aromatic carbocycles. The second-order valence-electron chi connectivity index (χ2n) is 10.7. The molecule has 2 aliphatic heterocycles. The van der Waals surface area contributed by atoms with Crippen LogP contribution in [-0.2, 0) is 17.8 Å². The summed E-state index contributed by atoms with van der Waals surface area (Å²) < 4.78 is 8.76. The minimum atomic E-state index is -0.694. The molecular formula is C32H36I2N7O2-. The second kappa shape index (κ2) is 14.7. The average Bonchev–Trinajstić information content (AvgIpc) is 3.43. The molecule has 3 heterocycles. The van der Waals surface area contributed by atoms with E-state index in [9.17, 15) is 10.1 Å². The van der Waals surface area contributed by atoms with Crippen molar-refractivity contribution in [2.45, 2.75) is 49.2 Å². The molecule has 0 radical (unpaired) electrons. The van der Waals surface area contributed by atoms with E-state index in [1.165, 1.54) is 22.9 Å². The number of benzene rings is 2. The maximum atomic E-state index is 12.8. The number of carbonyl (C=O) groups excluding carboxylic acids is 1. The van der Waals surface area contributed by atoms with Crippen LogP contribution in [0.2, 0.25) is 0 Å². The Bertz CT molecular complexity index is 1560. The van der Waals surface area contributed by atoms with E-state index in [-0.39, 0.29) is 16.4 Å². The van der Waals surface area contributed by atoms with E-state index < -0.39 is 21.5 Å². The minimum absolute atomic E-state index is 0.236. The van der Waals surface area contributed by atoms with Crippen LogP contribution < -0.4 is 34.2 Å². The molecule has 0 bridgehead atoms. The number of nitrogens with zero attached hydrogens (tertiary/aromatic N) is 7. The first-order chi connectivity index (χ1) is 20.9. The van der Waals surface area contributed by atoms with E-state index in [0.717, 1.165) is 43.0 Å². The molecule has 0 saturated carbocycles. The van der Waals surface area contributed by atoms with Crippen molar-refractivity contribution in [3.8, 4) is 23.9 Å². The molecule has 0 spiro atoms. The van der Waals surface area contributed by atoms with Crippen LogP contribution in [0.3, 0.4) is 0 Å². The van der Waals surface area contributed by atoms with Gasteiger partial charge < -0.3 is 0 Å². The average molecular weight is 804 g/mol. The van der Waals surface area contributed by atoms with Gasteiger partial charge in [-0.2, -0.15) is 0 Å². The Morgan fingerprint density at radius 1 is 1.23 bits per heavy atom. The number of likely N-dealkylation sites (tertiary alicyclic amines) is 1. The van der Waals surface area contributed by atoms with Gasteiger partial charge in [0.05, 0.1) is 0 Å². The van der Waals surface area contributed by atoms with Crippen LogP contribution in [0.1, 0.15) is 37.4 Å². The van der Waals surface area contributed by atoms with Gasteiger partial charge in [0, 0.05) is 0 Å². The van der Waals surface area contributed by atoms with Crippen molar-refractivity contribution in [3.63, 3.8) is 0 Å². The molecule has 43 heavy (non-hydrogen) atoms. The van der Waals surface area contributed by atoms with E-state index in [1.54, 1.807) is 11.8 Å². The van der Waals surface area contributed by atoms with Crippen LogP contribution in [0.25, 0.3) is 10.8 Å².